The van der Waals surface area contributed by atoms with Crippen molar-refractivity contribution in [1.82, 2.24) is 0 Å². The number of ether oxygens (including phenoxy) is 2. The van der Waals surface area contributed by atoms with Crippen LogP contribution in [0.3, 0.4) is 0 Å². The highest BCUT2D eigenvalue weighted by atomic mass is 16.5. The van der Waals surface area contributed by atoms with Crippen LogP contribution in [0, 0.1) is 0 Å². The van der Waals surface area contributed by atoms with E-state index in [1.54, 1.807) is 32.4 Å². The smallest absolute Gasteiger partial charge is 0.197 e. The number of carbonyl (C=O) groups excluding carboxylic acids is 1. The molecule has 0 spiro atoms. The van der Waals surface area contributed by atoms with Gasteiger partial charge in [0.05, 0.1) is 19.8 Å². The standard InChI is InChI=1S/C19H18O4/c1-4-16-18(15-7-5-6-8-17(15)23-16)19(20)12-9-13(21-2)11-14(10-12)22-3/h5-11H,4H2,1-3H3. The van der Waals surface area contributed by atoms with E-state index in [1.165, 1.54) is 0 Å². The number of carbonyl (C=O) groups is 1. The molecule has 0 amide bonds. The van der Waals surface area contributed by atoms with Crippen LogP contribution in [-0.2, 0) is 6.42 Å². The van der Waals surface area contributed by atoms with Crippen molar-refractivity contribution in [3.63, 3.8) is 0 Å². The summed E-state index contributed by atoms with van der Waals surface area (Å²) in [6, 6.07) is 12.7. The van der Waals surface area contributed by atoms with Gasteiger partial charge in [-0.1, -0.05) is 25.1 Å². The molecule has 4 heteroatoms. The first-order chi connectivity index (χ1) is 11.2. The molecule has 3 aromatic rings. The summed E-state index contributed by atoms with van der Waals surface area (Å²) in [5.74, 6) is 1.76. The largest absolute Gasteiger partial charge is 0.497 e. The number of benzene rings is 2. The molecule has 118 valence electrons. The number of methoxy groups -OCH3 is 2. The third kappa shape index (κ3) is 2.68. The zero-order valence-electron chi connectivity index (χ0n) is 13.4. The molecule has 3 rings (SSSR count). The van der Waals surface area contributed by atoms with Gasteiger partial charge in [-0.2, -0.15) is 0 Å². The number of fused-ring (bicyclic) bond motifs is 1. The van der Waals surface area contributed by atoms with Gasteiger partial charge in [-0.3, -0.25) is 4.79 Å². The van der Waals surface area contributed by atoms with Crippen LogP contribution < -0.4 is 9.47 Å². The Balaban J connectivity index is 2.17. The zero-order chi connectivity index (χ0) is 16.4. The summed E-state index contributed by atoms with van der Waals surface area (Å²) < 4.78 is 16.3. The van der Waals surface area contributed by atoms with E-state index < -0.39 is 0 Å². The molecule has 0 saturated carbocycles. The van der Waals surface area contributed by atoms with Crippen LogP contribution in [-0.4, -0.2) is 20.0 Å². The highest BCUT2D eigenvalue weighted by Crippen LogP contribution is 2.31. The zero-order valence-corrected chi connectivity index (χ0v) is 13.4. The molecule has 1 heterocycles. The van der Waals surface area contributed by atoms with Crippen molar-refractivity contribution in [2.45, 2.75) is 13.3 Å². The van der Waals surface area contributed by atoms with Crippen molar-refractivity contribution < 1.29 is 18.7 Å². The predicted octanol–water partition coefficient (Wildman–Crippen LogP) is 4.24. The molecule has 0 radical (unpaired) electrons. The molecule has 0 N–H and O–H groups in total. The van der Waals surface area contributed by atoms with Crippen LogP contribution in [0.5, 0.6) is 11.5 Å². The Morgan fingerprint density at radius 2 is 1.70 bits per heavy atom. The number of aryl methyl sites for hydroxylation is 1. The molecule has 0 aliphatic carbocycles. The van der Waals surface area contributed by atoms with Crippen LogP contribution in [0.4, 0.5) is 0 Å². The van der Waals surface area contributed by atoms with Crippen LogP contribution in [0.2, 0.25) is 0 Å². The number of hydrogen-bond donors (Lipinski definition) is 0. The van der Waals surface area contributed by atoms with Crippen LogP contribution in [0.15, 0.2) is 46.9 Å². The van der Waals surface area contributed by atoms with E-state index in [0.717, 1.165) is 11.0 Å². The SMILES string of the molecule is CCc1oc2ccccc2c1C(=O)c1cc(OC)cc(OC)c1. The lowest BCUT2D eigenvalue weighted by Crippen LogP contribution is -2.04. The number of ketones is 1. The van der Waals surface area contributed by atoms with Gasteiger partial charge in [0.1, 0.15) is 22.8 Å². The number of furan rings is 1. The highest BCUT2D eigenvalue weighted by Gasteiger charge is 2.21. The van der Waals surface area contributed by atoms with Gasteiger partial charge in [0.15, 0.2) is 5.78 Å². The Morgan fingerprint density at radius 1 is 1.04 bits per heavy atom. The summed E-state index contributed by atoms with van der Waals surface area (Å²) in [7, 11) is 3.13. The minimum absolute atomic E-state index is 0.0935. The van der Waals surface area contributed by atoms with E-state index >= 15 is 0 Å². The molecule has 0 fully saturated rings. The van der Waals surface area contributed by atoms with Crippen molar-refractivity contribution >= 4 is 16.8 Å². The summed E-state index contributed by atoms with van der Waals surface area (Å²) in [5.41, 5.74) is 1.85. The summed E-state index contributed by atoms with van der Waals surface area (Å²) in [6.07, 6.45) is 0.650. The van der Waals surface area contributed by atoms with Gasteiger partial charge in [-0.25, -0.2) is 0 Å². The van der Waals surface area contributed by atoms with Crippen LogP contribution in [0.25, 0.3) is 11.0 Å². The van der Waals surface area contributed by atoms with Gasteiger partial charge >= 0.3 is 0 Å². The third-order valence-corrected chi connectivity index (χ3v) is 3.83. The second kappa shape index (κ2) is 6.16. The number of hydrogen-bond acceptors (Lipinski definition) is 4. The summed E-state index contributed by atoms with van der Waals surface area (Å²) in [6.45, 7) is 1.97. The van der Waals surface area contributed by atoms with Crippen molar-refractivity contribution in [2.24, 2.45) is 0 Å². The molecule has 0 unspecified atom stereocenters. The average Bonchev–Trinajstić information content (AvgIpc) is 2.99. The highest BCUT2D eigenvalue weighted by molar-refractivity contribution is 6.17. The Morgan fingerprint density at radius 3 is 2.30 bits per heavy atom. The molecule has 2 aromatic carbocycles. The van der Waals surface area contributed by atoms with E-state index in [4.69, 9.17) is 13.9 Å². The second-order valence-electron chi connectivity index (χ2n) is 5.18. The first-order valence-electron chi connectivity index (χ1n) is 7.46. The van der Waals surface area contributed by atoms with Crippen molar-refractivity contribution in [2.75, 3.05) is 14.2 Å². The first-order valence-corrected chi connectivity index (χ1v) is 7.46. The fourth-order valence-electron chi connectivity index (χ4n) is 2.68. The van der Waals surface area contributed by atoms with Crippen LogP contribution in [0.1, 0.15) is 28.6 Å². The second-order valence-corrected chi connectivity index (χ2v) is 5.18. The molecule has 1 aromatic heterocycles. The van der Waals surface area contributed by atoms with E-state index in [-0.39, 0.29) is 5.78 Å². The minimum atomic E-state index is -0.0935. The Kier molecular flexibility index (Phi) is 4.06. The predicted molar refractivity (Wildman–Crippen MR) is 88.6 cm³/mol. The normalized spacial score (nSPS) is 10.7. The summed E-state index contributed by atoms with van der Waals surface area (Å²) in [4.78, 5) is 13.1. The lowest BCUT2D eigenvalue weighted by Gasteiger charge is -2.08. The maximum atomic E-state index is 13.1. The monoisotopic (exact) mass is 310 g/mol. The van der Waals surface area contributed by atoms with Crippen molar-refractivity contribution in [3.05, 3.63) is 59.4 Å². The molecule has 0 bridgehead atoms. The van der Waals surface area contributed by atoms with E-state index in [0.29, 0.717) is 34.8 Å². The van der Waals surface area contributed by atoms with E-state index in [2.05, 4.69) is 0 Å². The van der Waals surface area contributed by atoms with E-state index in [1.807, 2.05) is 31.2 Å². The molecular weight excluding hydrogens is 292 g/mol. The van der Waals surface area contributed by atoms with Gasteiger partial charge in [-0.15, -0.1) is 0 Å². The quantitative estimate of drug-likeness (QED) is 0.661. The van der Waals surface area contributed by atoms with Gasteiger partial charge in [0.25, 0.3) is 0 Å². The summed E-state index contributed by atoms with van der Waals surface area (Å²) >= 11 is 0. The van der Waals surface area contributed by atoms with Crippen molar-refractivity contribution in [3.8, 4) is 11.5 Å². The van der Waals surface area contributed by atoms with Gasteiger partial charge in [0, 0.05) is 23.4 Å². The Labute approximate surface area is 134 Å². The van der Waals surface area contributed by atoms with E-state index in [9.17, 15) is 4.79 Å². The van der Waals surface area contributed by atoms with Gasteiger partial charge in [0.2, 0.25) is 0 Å². The molecule has 0 aliphatic heterocycles. The lowest BCUT2D eigenvalue weighted by molar-refractivity contribution is 0.103. The fraction of sp³-hybridized carbons (Fsp3) is 0.211. The molecule has 23 heavy (non-hydrogen) atoms. The Hall–Kier alpha value is -2.75. The maximum Gasteiger partial charge on any atom is 0.197 e. The molecule has 0 saturated heterocycles. The number of rotatable bonds is 5. The summed E-state index contributed by atoms with van der Waals surface area (Å²) in [5, 5.41) is 0.830. The van der Waals surface area contributed by atoms with Gasteiger partial charge in [-0.05, 0) is 18.2 Å². The van der Waals surface area contributed by atoms with Crippen molar-refractivity contribution in [1.29, 1.82) is 0 Å². The first kappa shape index (κ1) is 15.2. The third-order valence-electron chi connectivity index (χ3n) is 3.83. The maximum absolute atomic E-state index is 13.1. The molecule has 0 atom stereocenters. The molecule has 4 nitrogen and oxygen atoms in total. The average molecular weight is 310 g/mol. The molecule has 0 aliphatic rings. The Bertz CT molecular complexity index is 839. The lowest BCUT2D eigenvalue weighted by atomic mass is 9.99. The fourth-order valence-corrected chi connectivity index (χ4v) is 2.68. The molecular formula is C19H18O4. The topological polar surface area (TPSA) is 48.7 Å². The minimum Gasteiger partial charge on any atom is -0.497 e. The van der Waals surface area contributed by atoms with Crippen LogP contribution >= 0.6 is 0 Å². The van der Waals surface area contributed by atoms with Gasteiger partial charge < -0.3 is 13.9 Å². The number of para-hydroxylation sites is 1.